The minimum absolute atomic E-state index is 0.273. The maximum atomic E-state index is 13.4. The smallest absolute Gasteiger partial charge is 0.134 e. The number of aromatic nitrogens is 2. The normalized spacial score (nSPS) is 14.4. The third-order valence-corrected chi connectivity index (χ3v) is 3.68. The molecular weight excluding hydrogens is 253 g/mol. The zero-order chi connectivity index (χ0) is 14.3. The first-order chi connectivity index (χ1) is 9.50. The Balaban J connectivity index is 2.22. The van der Waals surface area contributed by atoms with Gasteiger partial charge in [-0.05, 0) is 30.7 Å². The highest BCUT2D eigenvalue weighted by atomic mass is 19.1. The molecule has 0 aliphatic carbocycles. The van der Waals surface area contributed by atoms with Crippen LogP contribution in [-0.2, 0) is 12.6 Å². The van der Waals surface area contributed by atoms with Crippen LogP contribution in [0, 0.1) is 5.82 Å². The van der Waals surface area contributed by atoms with Gasteiger partial charge in [-0.15, -0.1) is 0 Å². The molecule has 20 heavy (non-hydrogen) atoms. The molecule has 1 atom stereocenters. The Bertz CT molecular complexity index is 760. The fourth-order valence-electron chi connectivity index (χ4n) is 2.54. The molecule has 1 heterocycles. The second-order valence-electron chi connectivity index (χ2n) is 5.20. The van der Waals surface area contributed by atoms with E-state index in [1.807, 2.05) is 48.9 Å². The van der Waals surface area contributed by atoms with Crippen molar-refractivity contribution in [2.45, 2.75) is 12.5 Å². The summed E-state index contributed by atoms with van der Waals surface area (Å²) in [4.78, 5) is 4.57. The first kappa shape index (κ1) is 12.8. The molecule has 3 nitrogen and oxygen atoms in total. The van der Waals surface area contributed by atoms with Crippen LogP contribution in [-0.4, -0.2) is 9.55 Å². The van der Waals surface area contributed by atoms with Crippen LogP contribution in [0.3, 0.4) is 0 Å². The summed E-state index contributed by atoms with van der Waals surface area (Å²) in [6.45, 7) is 1.92. The molecule has 3 rings (SSSR count). The van der Waals surface area contributed by atoms with Gasteiger partial charge in [0, 0.05) is 7.05 Å². The predicted octanol–water partition coefficient (Wildman–Crippen LogP) is 2.93. The lowest BCUT2D eigenvalue weighted by Crippen LogP contribution is -2.37. The van der Waals surface area contributed by atoms with Gasteiger partial charge in [-0.25, -0.2) is 9.37 Å². The second-order valence-corrected chi connectivity index (χ2v) is 5.20. The van der Waals surface area contributed by atoms with Gasteiger partial charge in [-0.2, -0.15) is 0 Å². The van der Waals surface area contributed by atoms with Gasteiger partial charge in [0.05, 0.1) is 16.6 Å². The largest absolute Gasteiger partial charge is 0.329 e. The molecule has 3 aromatic rings. The summed E-state index contributed by atoms with van der Waals surface area (Å²) in [6.07, 6.45) is 0. The fraction of sp³-hybridized carbons (Fsp3) is 0.188. The highest BCUT2D eigenvalue weighted by molar-refractivity contribution is 5.76. The van der Waals surface area contributed by atoms with E-state index >= 15 is 0 Å². The summed E-state index contributed by atoms with van der Waals surface area (Å²) in [5.74, 6) is 0.440. The van der Waals surface area contributed by atoms with Gasteiger partial charge in [0.1, 0.15) is 11.6 Å². The number of halogens is 1. The van der Waals surface area contributed by atoms with Crippen molar-refractivity contribution < 1.29 is 4.39 Å². The number of hydrogen-bond acceptors (Lipinski definition) is 2. The first-order valence-electron chi connectivity index (χ1n) is 6.47. The van der Waals surface area contributed by atoms with Crippen molar-refractivity contribution in [2.24, 2.45) is 12.8 Å². The van der Waals surface area contributed by atoms with E-state index in [-0.39, 0.29) is 5.82 Å². The van der Waals surface area contributed by atoms with Gasteiger partial charge >= 0.3 is 0 Å². The average Bonchev–Trinajstić information content (AvgIpc) is 2.78. The molecule has 0 spiro atoms. The van der Waals surface area contributed by atoms with E-state index in [9.17, 15) is 4.39 Å². The van der Waals surface area contributed by atoms with Gasteiger partial charge < -0.3 is 10.3 Å². The van der Waals surface area contributed by atoms with Crippen molar-refractivity contribution >= 4 is 11.0 Å². The van der Waals surface area contributed by atoms with E-state index < -0.39 is 5.54 Å². The molecule has 0 saturated carbocycles. The van der Waals surface area contributed by atoms with Crippen molar-refractivity contribution in [3.8, 4) is 0 Å². The molecule has 0 bridgehead atoms. The third kappa shape index (κ3) is 1.89. The van der Waals surface area contributed by atoms with Gasteiger partial charge in [0.25, 0.3) is 0 Å². The minimum Gasteiger partial charge on any atom is -0.329 e. The van der Waals surface area contributed by atoms with Crippen molar-refractivity contribution in [1.29, 1.82) is 0 Å². The number of rotatable bonds is 2. The Morgan fingerprint density at radius 2 is 1.85 bits per heavy atom. The van der Waals surface area contributed by atoms with Crippen LogP contribution < -0.4 is 5.73 Å². The molecule has 0 aliphatic heterocycles. The van der Waals surface area contributed by atoms with E-state index in [0.29, 0.717) is 5.82 Å². The summed E-state index contributed by atoms with van der Waals surface area (Å²) in [5, 5.41) is 0. The molecule has 0 radical (unpaired) electrons. The number of imidazole rings is 1. The Labute approximate surface area is 116 Å². The lowest BCUT2D eigenvalue weighted by molar-refractivity contribution is 0.538. The van der Waals surface area contributed by atoms with Crippen LogP contribution in [0.1, 0.15) is 18.3 Å². The highest BCUT2D eigenvalue weighted by Gasteiger charge is 2.29. The van der Waals surface area contributed by atoms with Crippen LogP contribution in [0.15, 0.2) is 48.5 Å². The molecule has 4 heteroatoms. The van der Waals surface area contributed by atoms with E-state index in [4.69, 9.17) is 5.73 Å². The average molecular weight is 269 g/mol. The maximum Gasteiger partial charge on any atom is 0.134 e. The molecule has 0 aliphatic rings. The van der Waals surface area contributed by atoms with Crippen LogP contribution in [0.4, 0.5) is 4.39 Å². The quantitative estimate of drug-likeness (QED) is 0.777. The van der Waals surface area contributed by atoms with Crippen LogP contribution in [0.25, 0.3) is 11.0 Å². The van der Waals surface area contributed by atoms with Crippen molar-refractivity contribution in [2.75, 3.05) is 0 Å². The maximum absolute atomic E-state index is 13.4. The summed E-state index contributed by atoms with van der Waals surface area (Å²) in [5.41, 5.74) is 8.22. The Kier molecular flexibility index (Phi) is 2.83. The van der Waals surface area contributed by atoms with Gasteiger partial charge in [0.2, 0.25) is 0 Å². The van der Waals surface area contributed by atoms with Gasteiger partial charge in [-0.3, -0.25) is 0 Å². The molecule has 0 saturated heterocycles. The van der Waals surface area contributed by atoms with E-state index in [1.165, 1.54) is 12.1 Å². The monoisotopic (exact) mass is 269 g/mol. The van der Waals surface area contributed by atoms with Crippen molar-refractivity contribution in [1.82, 2.24) is 9.55 Å². The van der Waals surface area contributed by atoms with Crippen molar-refractivity contribution in [3.63, 3.8) is 0 Å². The summed E-state index contributed by atoms with van der Waals surface area (Å²) in [6, 6.07) is 14.4. The van der Waals surface area contributed by atoms with Crippen LogP contribution >= 0.6 is 0 Å². The van der Waals surface area contributed by atoms with Crippen LogP contribution in [0.5, 0.6) is 0 Å². The SMILES string of the molecule is Cn1c(C(C)(N)c2ccccc2)nc2ccc(F)cc21. The summed E-state index contributed by atoms with van der Waals surface area (Å²) in [7, 11) is 1.86. The molecule has 2 aromatic carbocycles. The Hall–Kier alpha value is -2.20. The molecule has 1 aromatic heterocycles. The summed E-state index contributed by atoms with van der Waals surface area (Å²) < 4.78 is 15.2. The van der Waals surface area contributed by atoms with Gasteiger partial charge in [-0.1, -0.05) is 30.3 Å². The van der Waals surface area contributed by atoms with E-state index in [0.717, 1.165) is 16.6 Å². The zero-order valence-electron chi connectivity index (χ0n) is 11.5. The van der Waals surface area contributed by atoms with Gasteiger partial charge in [0.15, 0.2) is 0 Å². The fourth-order valence-corrected chi connectivity index (χ4v) is 2.54. The summed E-state index contributed by atoms with van der Waals surface area (Å²) >= 11 is 0. The number of hydrogen-bond donors (Lipinski definition) is 1. The lowest BCUT2D eigenvalue weighted by atomic mass is 9.92. The highest BCUT2D eigenvalue weighted by Crippen LogP contribution is 2.28. The number of aryl methyl sites for hydroxylation is 1. The predicted molar refractivity (Wildman–Crippen MR) is 77.8 cm³/mol. The minimum atomic E-state index is -0.731. The number of nitrogens with zero attached hydrogens (tertiary/aromatic N) is 2. The number of benzene rings is 2. The van der Waals surface area contributed by atoms with Crippen molar-refractivity contribution in [3.05, 3.63) is 65.7 Å². The molecule has 1 unspecified atom stereocenters. The third-order valence-electron chi connectivity index (χ3n) is 3.68. The molecule has 2 N–H and O–H groups in total. The Morgan fingerprint density at radius 1 is 1.15 bits per heavy atom. The number of fused-ring (bicyclic) bond motifs is 1. The zero-order valence-corrected chi connectivity index (χ0v) is 11.5. The molecular formula is C16H16FN3. The topological polar surface area (TPSA) is 43.8 Å². The Morgan fingerprint density at radius 3 is 2.55 bits per heavy atom. The second kappa shape index (κ2) is 4.42. The van der Waals surface area contributed by atoms with Crippen LogP contribution in [0.2, 0.25) is 0 Å². The molecule has 102 valence electrons. The molecule has 0 amide bonds. The first-order valence-corrected chi connectivity index (χ1v) is 6.47. The standard InChI is InChI=1S/C16H16FN3/c1-16(18,11-6-4-3-5-7-11)15-19-13-9-8-12(17)10-14(13)20(15)2/h3-10H,18H2,1-2H3. The number of nitrogens with two attached hydrogens (primary N) is 1. The van der Waals surface area contributed by atoms with E-state index in [1.54, 1.807) is 6.07 Å². The van der Waals surface area contributed by atoms with E-state index in [2.05, 4.69) is 4.98 Å². The molecule has 0 fully saturated rings. The lowest BCUT2D eigenvalue weighted by Gasteiger charge is -2.24.